The van der Waals surface area contributed by atoms with Crippen molar-refractivity contribution in [3.05, 3.63) is 29.8 Å². The summed E-state index contributed by atoms with van der Waals surface area (Å²) in [7, 11) is 0. The van der Waals surface area contributed by atoms with Crippen LogP contribution in [0.25, 0.3) is 0 Å². The Morgan fingerprint density at radius 3 is 2.59 bits per heavy atom. The Morgan fingerprint density at radius 2 is 2.00 bits per heavy atom. The van der Waals surface area contributed by atoms with E-state index >= 15 is 0 Å². The maximum Gasteiger partial charge on any atom is 0.450 e. The fourth-order valence-electron chi connectivity index (χ4n) is 1.42. The molecule has 120 valence electrons. The molecule has 1 aromatic rings. The highest BCUT2D eigenvalue weighted by Crippen LogP contribution is 2.17. The molecule has 0 atom stereocenters. The van der Waals surface area contributed by atoms with Gasteiger partial charge < -0.3 is 4.74 Å². The van der Waals surface area contributed by atoms with Gasteiger partial charge >= 0.3 is 6.18 Å². The third-order valence-corrected chi connectivity index (χ3v) is 2.46. The SMILES string of the molecule is C/C(CC(=O)C(F)(F)F)=N/NC(=O)COc1cccc(C)c1. The molecule has 0 saturated heterocycles. The average molecular weight is 316 g/mol. The number of carbonyl (C=O) groups excluding carboxylic acids is 2. The number of ether oxygens (including phenoxy) is 1. The van der Waals surface area contributed by atoms with Gasteiger partial charge in [0.05, 0.1) is 6.42 Å². The minimum Gasteiger partial charge on any atom is -0.484 e. The highest BCUT2D eigenvalue weighted by Gasteiger charge is 2.37. The van der Waals surface area contributed by atoms with Crippen LogP contribution in [0.4, 0.5) is 13.2 Å². The zero-order chi connectivity index (χ0) is 16.8. The minimum atomic E-state index is -4.91. The number of ketones is 1. The van der Waals surface area contributed by atoms with E-state index in [9.17, 15) is 22.8 Å². The Bertz CT molecular complexity index is 583. The number of rotatable bonds is 6. The molecule has 5 nitrogen and oxygen atoms in total. The van der Waals surface area contributed by atoms with Gasteiger partial charge in [0.15, 0.2) is 6.61 Å². The Labute approximate surface area is 125 Å². The summed E-state index contributed by atoms with van der Waals surface area (Å²) in [4.78, 5) is 22.2. The summed E-state index contributed by atoms with van der Waals surface area (Å²) >= 11 is 0. The fraction of sp³-hybridized carbons (Fsp3) is 0.357. The number of hydrogen-bond donors (Lipinski definition) is 1. The molecule has 0 fully saturated rings. The summed E-state index contributed by atoms with van der Waals surface area (Å²) in [5, 5.41) is 3.42. The molecule has 22 heavy (non-hydrogen) atoms. The van der Waals surface area contributed by atoms with Gasteiger partial charge in [-0.3, -0.25) is 9.59 Å². The van der Waals surface area contributed by atoms with Crippen molar-refractivity contribution in [3.8, 4) is 5.75 Å². The van der Waals surface area contributed by atoms with Crippen LogP contribution < -0.4 is 10.2 Å². The molecule has 0 spiro atoms. The van der Waals surface area contributed by atoms with Crippen molar-refractivity contribution in [1.29, 1.82) is 0 Å². The second-order valence-electron chi connectivity index (χ2n) is 4.58. The van der Waals surface area contributed by atoms with Crippen molar-refractivity contribution < 1.29 is 27.5 Å². The number of amides is 1. The largest absolute Gasteiger partial charge is 0.484 e. The van der Waals surface area contributed by atoms with Gasteiger partial charge in [0, 0.05) is 5.71 Å². The second kappa shape index (κ2) is 7.58. The normalized spacial score (nSPS) is 12.0. The predicted molar refractivity (Wildman–Crippen MR) is 73.6 cm³/mol. The molecule has 0 bridgehead atoms. The summed E-state index contributed by atoms with van der Waals surface area (Å²) in [5.41, 5.74) is 2.84. The molecule has 0 heterocycles. The van der Waals surface area contributed by atoms with Gasteiger partial charge in [-0.2, -0.15) is 18.3 Å². The molecule has 1 amide bonds. The quantitative estimate of drug-likeness (QED) is 0.647. The lowest BCUT2D eigenvalue weighted by Crippen LogP contribution is -2.28. The molecule has 1 N–H and O–H groups in total. The van der Waals surface area contributed by atoms with Crippen molar-refractivity contribution in [3.63, 3.8) is 0 Å². The molecule has 0 aliphatic heterocycles. The molecule has 0 aliphatic carbocycles. The smallest absolute Gasteiger partial charge is 0.450 e. The van der Waals surface area contributed by atoms with Crippen molar-refractivity contribution >= 4 is 17.4 Å². The van der Waals surface area contributed by atoms with Crippen LogP contribution in [0.1, 0.15) is 18.9 Å². The van der Waals surface area contributed by atoms with Gasteiger partial charge in [-0.1, -0.05) is 12.1 Å². The first kappa shape index (κ1) is 17.7. The molecular weight excluding hydrogens is 301 g/mol. The number of carbonyl (C=O) groups is 2. The van der Waals surface area contributed by atoms with Crippen LogP contribution in [-0.4, -0.2) is 30.2 Å². The monoisotopic (exact) mass is 316 g/mol. The third-order valence-electron chi connectivity index (χ3n) is 2.46. The summed E-state index contributed by atoms with van der Waals surface area (Å²) < 4.78 is 41.3. The van der Waals surface area contributed by atoms with E-state index in [1.54, 1.807) is 18.2 Å². The lowest BCUT2D eigenvalue weighted by atomic mass is 10.2. The van der Waals surface area contributed by atoms with E-state index in [0.29, 0.717) is 5.75 Å². The predicted octanol–water partition coefficient (Wildman–Crippen LogP) is 2.39. The number of Topliss-reactive ketones (excluding diaryl/α,β-unsaturated/α-hetero) is 1. The molecule has 8 heteroatoms. The Balaban J connectivity index is 2.42. The maximum absolute atomic E-state index is 12.0. The van der Waals surface area contributed by atoms with Crippen molar-refractivity contribution in [2.24, 2.45) is 5.10 Å². The summed E-state index contributed by atoms with van der Waals surface area (Å²) in [6.07, 6.45) is -5.81. The van der Waals surface area contributed by atoms with Crippen LogP contribution in [-0.2, 0) is 9.59 Å². The summed E-state index contributed by atoms with van der Waals surface area (Å²) in [6.45, 7) is 2.73. The van der Waals surface area contributed by atoms with E-state index < -0.39 is 24.3 Å². The van der Waals surface area contributed by atoms with E-state index in [1.165, 1.54) is 6.92 Å². The third kappa shape index (κ3) is 6.38. The van der Waals surface area contributed by atoms with Gasteiger partial charge in [-0.05, 0) is 31.5 Å². The maximum atomic E-state index is 12.0. The fourth-order valence-corrected chi connectivity index (χ4v) is 1.42. The molecular formula is C14H15F3N2O3. The topological polar surface area (TPSA) is 67.8 Å². The van der Waals surface area contributed by atoms with E-state index in [2.05, 4.69) is 5.10 Å². The highest BCUT2D eigenvalue weighted by molar-refractivity contribution is 6.03. The number of hydrogen-bond acceptors (Lipinski definition) is 4. The molecule has 1 aromatic carbocycles. The average Bonchev–Trinajstić information content (AvgIpc) is 2.42. The van der Waals surface area contributed by atoms with E-state index in [0.717, 1.165) is 5.56 Å². The molecule has 1 rings (SSSR count). The van der Waals surface area contributed by atoms with Crippen LogP contribution in [0.5, 0.6) is 5.75 Å². The number of benzene rings is 1. The second-order valence-corrected chi connectivity index (χ2v) is 4.58. The van der Waals surface area contributed by atoms with Gasteiger partial charge in [0.2, 0.25) is 5.78 Å². The zero-order valence-electron chi connectivity index (χ0n) is 12.0. The molecule has 0 aromatic heterocycles. The number of nitrogens with zero attached hydrogens (tertiary/aromatic N) is 1. The number of halogens is 3. The molecule has 0 saturated carbocycles. The zero-order valence-corrected chi connectivity index (χ0v) is 12.0. The van der Waals surface area contributed by atoms with Crippen molar-refractivity contribution in [2.75, 3.05) is 6.61 Å². The Kier molecular flexibility index (Phi) is 6.09. The molecule has 0 aliphatic rings. The number of nitrogens with one attached hydrogen (secondary N) is 1. The minimum absolute atomic E-state index is 0.147. The number of alkyl halides is 3. The summed E-state index contributed by atoms with van der Waals surface area (Å²) in [5.74, 6) is -2.07. The first-order chi connectivity index (χ1) is 10.2. The Hall–Kier alpha value is -2.38. The lowest BCUT2D eigenvalue weighted by Gasteiger charge is -2.07. The number of aryl methyl sites for hydroxylation is 1. The van der Waals surface area contributed by atoms with E-state index in [1.807, 2.05) is 18.4 Å². The van der Waals surface area contributed by atoms with E-state index in [-0.39, 0.29) is 12.3 Å². The first-order valence-electron chi connectivity index (χ1n) is 6.30. The van der Waals surface area contributed by atoms with E-state index in [4.69, 9.17) is 4.74 Å². The van der Waals surface area contributed by atoms with Crippen LogP contribution in [0.2, 0.25) is 0 Å². The van der Waals surface area contributed by atoms with Gasteiger partial charge in [-0.15, -0.1) is 0 Å². The van der Waals surface area contributed by atoms with Crippen LogP contribution >= 0.6 is 0 Å². The number of hydrazone groups is 1. The van der Waals surface area contributed by atoms with Gasteiger partial charge in [-0.25, -0.2) is 5.43 Å². The lowest BCUT2D eigenvalue weighted by molar-refractivity contribution is -0.169. The van der Waals surface area contributed by atoms with Crippen molar-refractivity contribution in [1.82, 2.24) is 5.43 Å². The van der Waals surface area contributed by atoms with Crippen LogP contribution in [0.3, 0.4) is 0 Å². The van der Waals surface area contributed by atoms with Crippen LogP contribution in [0.15, 0.2) is 29.4 Å². The molecule has 0 unspecified atom stereocenters. The summed E-state index contributed by atoms with van der Waals surface area (Å²) in [6, 6.07) is 7.01. The van der Waals surface area contributed by atoms with Gasteiger partial charge in [0.1, 0.15) is 5.75 Å². The van der Waals surface area contributed by atoms with Gasteiger partial charge in [0.25, 0.3) is 5.91 Å². The Morgan fingerprint density at radius 1 is 1.32 bits per heavy atom. The first-order valence-corrected chi connectivity index (χ1v) is 6.30. The molecule has 0 radical (unpaired) electrons. The van der Waals surface area contributed by atoms with Crippen LogP contribution in [0, 0.1) is 6.92 Å². The van der Waals surface area contributed by atoms with Crippen molar-refractivity contribution in [2.45, 2.75) is 26.4 Å². The standard InChI is InChI=1S/C14H15F3N2O3/c1-9-4-3-5-11(6-9)22-8-13(21)19-18-10(2)7-12(20)14(15,16)17/h3-6H,7-8H2,1-2H3,(H,19,21)/b18-10-. The highest BCUT2D eigenvalue weighted by atomic mass is 19.4.